The van der Waals surface area contributed by atoms with E-state index in [1.807, 2.05) is 4.90 Å². The summed E-state index contributed by atoms with van der Waals surface area (Å²) in [6, 6.07) is 4.80. The maximum absolute atomic E-state index is 12.0. The third-order valence-electron chi connectivity index (χ3n) is 4.60. The van der Waals surface area contributed by atoms with E-state index in [1.54, 1.807) is 0 Å². The predicted octanol–water partition coefficient (Wildman–Crippen LogP) is 3.27. The Morgan fingerprint density at radius 2 is 1.76 bits per heavy atom. The quantitative estimate of drug-likeness (QED) is 0.902. The molecule has 1 aromatic carbocycles. The molecule has 21 heavy (non-hydrogen) atoms. The molecular weight excluding hydrogens is 260 g/mol. The number of benzene rings is 1. The van der Waals surface area contributed by atoms with Gasteiger partial charge in [-0.15, -0.1) is 0 Å². The van der Waals surface area contributed by atoms with Crippen LogP contribution in [0.3, 0.4) is 0 Å². The lowest BCUT2D eigenvalue weighted by molar-refractivity contribution is -0.130. The van der Waals surface area contributed by atoms with Gasteiger partial charge in [0.05, 0.1) is 0 Å². The molecule has 1 aromatic rings. The maximum atomic E-state index is 12.0. The Morgan fingerprint density at radius 1 is 1.14 bits per heavy atom. The molecule has 0 aliphatic carbocycles. The highest BCUT2D eigenvalue weighted by Gasteiger charge is 2.17. The number of hydrogen-bond donors (Lipinski definition) is 1. The first kappa shape index (κ1) is 16.0. The van der Waals surface area contributed by atoms with Gasteiger partial charge in [-0.1, -0.05) is 12.1 Å². The second-order valence-corrected chi connectivity index (χ2v) is 6.31. The van der Waals surface area contributed by atoms with E-state index in [0.717, 1.165) is 32.5 Å². The molecule has 1 aliphatic rings. The molecule has 1 N–H and O–H groups in total. The predicted molar refractivity (Wildman–Crippen MR) is 87.5 cm³/mol. The highest BCUT2D eigenvalue weighted by molar-refractivity contribution is 5.76. The van der Waals surface area contributed by atoms with Gasteiger partial charge in [-0.2, -0.15) is 0 Å². The topological polar surface area (TPSA) is 32.3 Å². The Hall–Kier alpha value is -1.35. The summed E-state index contributed by atoms with van der Waals surface area (Å²) >= 11 is 0. The summed E-state index contributed by atoms with van der Waals surface area (Å²) in [7, 11) is 0. The van der Waals surface area contributed by atoms with Crippen LogP contribution in [0.5, 0.6) is 0 Å². The molecule has 1 fully saturated rings. The van der Waals surface area contributed by atoms with Crippen LogP contribution in [0.2, 0.25) is 0 Å². The van der Waals surface area contributed by atoms with Crippen molar-refractivity contribution in [1.29, 1.82) is 0 Å². The van der Waals surface area contributed by atoms with Crippen molar-refractivity contribution in [2.24, 2.45) is 0 Å². The lowest BCUT2D eigenvalue weighted by atomic mass is 9.96. The highest BCUT2D eigenvalue weighted by atomic mass is 16.2. The van der Waals surface area contributed by atoms with Crippen LogP contribution in [0, 0.1) is 20.8 Å². The van der Waals surface area contributed by atoms with Gasteiger partial charge in [-0.05, 0) is 62.8 Å². The molecule has 1 saturated heterocycles. The molecule has 1 heterocycles. The summed E-state index contributed by atoms with van der Waals surface area (Å²) < 4.78 is 0. The van der Waals surface area contributed by atoms with E-state index in [0.29, 0.717) is 12.3 Å². The van der Waals surface area contributed by atoms with Crippen LogP contribution in [0.1, 0.15) is 54.5 Å². The summed E-state index contributed by atoms with van der Waals surface area (Å²) in [6.07, 6.45) is 2.93. The Balaban J connectivity index is 1.85. The Labute approximate surface area is 128 Å². The van der Waals surface area contributed by atoms with Crippen LogP contribution in [0.4, 0.5) is 0 Å². The summed E-state index contributed by atoms with van der Waals surface area (Å²) in [4.78, 5) is 14.0. The number of amides is 1. The van der Waals surface area contributed by atoms with Crippen LogP contribution in [0.15, 0.2) is 12.1 Å². The van der Waals surface area contributed by atoms with Crippen LogP contribution in [-0.2, 0) is 4.79 Å². The zero-order chi connectivity index (χ0) is 15.4. The minimum absolute atomic E-state index is 0.288. The monoisotopic (exact) mass is 288 g/mol. The molecule has 1 amide bonds. The number of carbonyl (C=O) groups excluding carboxylic acids is 1. The fourth-order valence-electron chi connectivity index (χ4n) is 3.08. The van der Waals surface area contributed by atoms with Crippen molar-refractivity contribution in [2.75, 3.05) is 19.6 Å². The average Bonchev–Trinajstić information content (AvgIpc) is 2.96. The Bertz CT molecular complexity index is 504. The summed E-state index contributed by atoms with van der Waals surface area (Å²) in [6.45, 7) is 11.3. The van der Waals surface area contributed by atoms with Crippen molar-refractivity contribution in [3.8, 4) is 0 Å². The third-order valence-corrected chi connectivity index (χ3v) is 4.60. The molecular formula is C18H28N2O. The van der Waals surface area contributed by atoms with Crippen molar-refractivity contribution < 1.29 is 4.79 Å². The number of rotatable bonds is 5. The van der Waals surface area contributed by atoms with E-state index in [2.05, 4.69) is 45.1 Å². The SMILES string of the molecule is Cc1cc(C)c(C(C)NCCC(=O)N2CCCC2)cc1C. The van der Waals surface area contributed by atoms with Gasteiger partial charge in [-0.25, -0.2) is 0 Å². The van der Waals surface area contributed by atoms with Crippen LogP contribution >= 0.6 is 0 Å². The minimum atomic E-state index is 0.288. The maximum Gasteiger partial charge on any atom is 0.223 e. The molecule has 116 valence electrons. The van der Waals surface area contributed by atoms with Crippen molar-refractivity contribution >= 4 is 5.91 Å². The van der Waals surface area contributed by atoms with Gasteiger partial charge in [0.25, 0.3) is 0 Å². The third kappa shape index (κ3) is 4.07. The molecule has 2 rings (SSSR count). The van der Waals surface area contributed by atoms with E-state index in [1.165, 1.54) is 22.3 Å². The van der Waals surface area contributed by atoms with Gasteiger partial charge in [0.15, 0.2) is 0 Å². The Kier molecular flexibility index (Phi) is 5.40. The molecule has 3 nitrogen and oxygen atoms in total. The molecule has 1 atom stereocenters. The van der Waals surface area contributed by atoms with Crippen LogP contribution in [-0.4, -0.2) is 30.4 Å². The van der Waals surface area contributed by atoms with E-state index in [4.69, 9.17) is 0 Å². The first-order chi connectivity index (χ1) is 9.99. The molecule has 0 aromatic heterocycles. The molecule has 3 heteroatoms. The second-order valence-electron chi connectivity index (χ2n) is 6.31. The lowest BCUT2D eigenvalue weighted by Gasteiger charge is -2.20. The van der Waals surface area contributed by atoms with E-state index < -0.39 is 0 Å². The lowest BCUT2D eigenvalue weighted by Crippen LogP contribution is -2.31. The molecule has 0 spiro atoms. The van der Waals surface area contributed by atoms with Crippen molar-refractivity contribution in [1.82, 2.24) is 10.2 Å². The summed E-state index contributed by atoms with van der Waals surface area (Å²) in [5, 5.41) is 3.49. The molecule has 0 radical (unpaired) electrons. The van der Waals surface area contributed by atoms with Crippen molar-refractivity contribution in [3.63, 3.8) is 0 Å². The number of nitrogens with one attached hydrogen (secondary N) is 1. The standard InChI is InChI=1S/C18H28N2O/c1-13-11-15(3)17(12-14(13)2)16(4)19-8-7-18(21)20-9-5-6-10-20/h11-12,16,19H,5-10H2,1-4H3. The van der Waals surface area contributed by atoms with Gasteiger partial charge < -0.3 is 10.2 Å². The fraction of sp³-hybridized carbons (Fsp3) is 0.611. The molecule has 0 saturated carbocycles. The van der Waals surface area contributed by atoms with E-state index in [9.17, 15) is 4.79 Å². The van der Waals surface area contributed by atoms with Gasteiger partial charge in [0.1, 0.15) is 0 Å². The van der Waals surface area contributed by atoms with Gasteiger partial charge in [0, 0.05) is 32.1 Å². The minimum Gasteiger partial charge on any atom is -0.343 e. The molecule has 0 bridgehead atoms. The summed E-state index contributed by atoms with van der Waals surface area (Å²) in [5.74, 6) is 0.295. The number of nitrogens with zero attached hydrogens (tertiary/aromatic N) is 1. The van der Waals surface area contributed by atoms with Crippen molar-refractivity contribution in [2.45, 2.75) is 53.0 Å². The number of carbonyl (C=O) groups is 1. The number of likely N-dealkylation sites (tertiary alicyclic amines) is 1. The smallest absolute Gasteiger partial charge is 0.223 e. The van der Waals surface area contributed by atoms with E-state index >= 15 is 0 Å². The van der Waals surface area contributed by atoms with Gasteiger partial charge in [0.2, 0.25) is 5.91 Å². The highest BCUT2D eigenvalue weighted by Crippen LogP contribution is 2.21. The number of hydrogen-bond acceptors (Lipinski definition) is 2. The molecule has 1 unspecified atom stereocenters. The first-order valence-electron chi connectivity index (χ1n) is 8.08. The van der Waals surface area contributed by atoms with Gasteiger partial charge >= 0.3 is 0 Å². The average molecular weight is 288 g/mol. The first-order valence-corrected chi connectivity index (χ1v) is 8.08. The molecule has 1 aliphatic heterocycles. The zero-order valence-corrected chi connectivity index (χ0v) is 13.8. The van der Waals surface area contributed by atoms with Crippen LogP contribution in [0.25, 0.3) is 0 Å². The van der Waals surface area contributed by atoms with Crippen molar-refractivity contribution in [3.05, 3.63) is 34.4 Å². The second kappa shape index (κ2) is 7.08. The fourth-order valence-corrected chi connectivity index (χ4v) is 3.08. The Morgan fingerprint density at radius 3 is 2.43 bits per heavy atom. The normalized spacial score (nSPS) is 16.3. The van der Waals surface area contributed by atoms with Gasteiger partial charge in [-0.3, -0.25) is 4.79 Å². The van der Waals surface area contributed by atoms with Crippen LogP contribution < -0.4 is 5.32 Å². The van der Waals surface area contributed by atoms with E-state index in [-0.39, 0.29) is 6.04 Å². The zero-order valence-electron chi connectivity index (χ0n) is 13.8. The number of aryl methyl sites for hydroxylation is 3. The summed E-state index contributed by atoms with van der Waals surface area (Å²) in [5.41, 5.74) is 5.33. The largest absolute Gasteiger partial charge is 0.343 e.